The molecule has 0 aliphatic heterocycles. The third kappa shape index (κ3) is 6.00. The molecule has 0 amide bonds. The number of aromatic hydroxyl groups is 1. The number of hydrogen-bond donors (Lipinski definition) is 2. The van der Waals surface area contributed by atoms with Crippen LogP contribution in [0.25, 0.3) is 0 Å². The highest BCUT2D eigenvalue weighted by atomic mass is 16.5. The fraction of sp³-hybridized carbons (Fsp3) is 0.269. The van der Waals surface area contributed by atoms with Gasteiger partial charge in [0.05, 0.1) is 39.9 Å². The van der Waals surface area contributed by atoms with Crippen molar-refractivity contribution in [1.82, 2.24) is 4.98 Å². The van der Waals surface area contributed by atoms with E-state index in [1.807, 2.05) is 24.3 Å². The van der Waals surface area contributed by atoms with Gasteiger partial charge in [-0.05, 0) is 23.8 Å². The van der Waals surface area contributed by atoms with Gasteiger partial charge in [0.25, 0.3) is 5.56 Å². The predicted octanol–water partition coefficient (Wildman–Crippen LogP) is 3.19. The molecule has 3 rings (SSSR count). The van der Waals surface area contributed by atoms with Gasteiger partial charge in [-0.15, -0.1) is 0 Å². The monoisotopic (exact) mass is 481 g/mol. The summed E-state index contributed by atoms with van der Waals surface area (Å²) >= 11 is 0. The van der Waals surface area contributed by atoms with Gasteiger partial charge in [-0.2, -0.15) is 0 Å². The van der Waals surface area contributed by atoms with E-state index < -0.39 is 29.2 Å². The van der Waals surface area contributed by atoms with Crippen molar-refractivity contribution in [3.8, 4) is 17.2 Å². The van der Waals surface area contributed by atoms with Gasteiger partial charge in [0, 0.05) is 24.1 Å². The standard InChI is InChI=1S/C26H27NO8/c1-32-17-10-8-16(9-11-17)12-13-35-21-7-5-4-6-18(21)19(14-22(28)33-2)23-24(29)20(26(31)34-3)15-27-25(23)30/h4-11,15,19H,12-14H2,1-3H3,(H2,27,29,30). The number of H-pyrrole nitrogens is 1. The predicted molar refractivity (Wildman–Crippen MR) is 127 cm³/mol. The molecule has 9 nitrogen and oxygen atoms in total. The number of nitrogens with one attached hydrogen (secondary N) is 1. The van der Waals surface area contributed by atoms with Crippen LogP contribution in [0.5, 0.6) is 17.2 Å². The van der Waals surface area contributed by atoms with E-state index in [1.165, 1.54) is 7.11 Å². The molecule has 2 N–H and O–H groups in total. The van der Waals surface area contributed by atoms with E-state index in [0.717, 1.165) is 24.6 Å². The summed E-state index contributed by atoms with van der Waals surface area (Å²) in [6.07, 6.45) is 1.40. The first kappa shape index (κ1) is 25.4. The minimum absolute atomic E-state index is 0.162. The Morgan fingerprint density at radius 3 is 2.37 bits per heavy atom. The molecule has 35 heavy (non-hydrogen) atoms. The van der Waals surface area contributed by atoms with E-state index in [-0.39, 0.29) is 17.5 Å². The zero-order valence-corrected chi connectivity index (χ0v) is 19.7. The third-order valence-corrected chi connectivity index (χ3v) is 5.56. The van der Waals surface area contributed by atoms with Crippen molar-refractivity contribution in [3.63, 3.8) is 0 Å². The molecule has 0 aliphatic carbocycles. The lowest BCUT2D eigenvalue weighted by atomic mass is 9.87. The molecule has 0 radical (unpaired) electrons. The van der Waals surface area contributed by atoms with Gasteiger partial charge in [-0.3, -0.25) is 9.59 Å². The number of benzene rings is 2. The quantitative estimate of drug-likeness (QED) is 0.423. The lowest BCUT2D eigenvalue weighted by Crippen LogP contribution is -2.22. The molecule has 1 atom stereocenters. The Labute approximate surface area is 202 Å². The molecule has 9 heteroatoms. The van der Waals surface area contributed by atoms with E-state index in [9.17, 15) is 19.5 Å². The first-order chi connectivity index (χ1) is 16.9. The van der Waals surface area contributed by atoms with Crippen LogP contribution < -0.4 is 15.0 Å². The smallest absolute Gasteiger partial charge is 0.343 e. The van der Waals surface area contributed by atoms with Gasteiger partial charge in [-0.1, -0.05) is 30.3 Å². The summed E-state index contributed by atoms with van der Waals surface area (Å²) in [5.41, 5.74) is 0.473. The molecule has 2 aromatic carbocycles. The zero-order chi connectivity index (χ0) is 25.4. The molecule has 0 saturated carbocycles. The maximum Gasteiger partial charge on any atom is 0.343 e. The first-order valence-electron chi connectivity index (χ1n) is 10.8. The minimum Gasteiger partial charge on any atom is -0.506 e. The van der Waals surface area contributed by atoms with Crippen LogP contribution in [0, 0.1) is 0 Å². The van der Waals surface area contributed by atoms with E-state index in [1.54, 1.807) is 31.4 Å². The van der Waals surface area contributed by atoms with Gasteiger partial charge >= 0.3 is 11.9 Å². The molecular formula is C26H27NO8. The van der Waals surface area contributed by atoms with Crippen LogP contribution in [0.15, 0.2) is 59.5 Å². The topological polar surface area (TPSA) is 124 Å². The van der Waals surface area contributed by atoms with Crippen molar-refractivity contribution < 1.29 is 33.6 Å². The van der Waals surface area contributed by atoms with Crippen molar-refractivity contribution in [3.05, 3.63) is 87.3 Å². The van der Waals surface area contributed by atoms with Gasteiger partial charge in [-0.25, -0.2) is 4.79 Å². The summed E-state index contributed by atoms with van der Waals surface area (Å²) in [5.74, 6) is -1.77. The molecule has 1 unspecified atom stereocenters. The fourth-order valence-corrected chi connectivity index (χ4v) is 3.71. The number of carbonyl (C=O) groups excluding carboxylic acids is 2. The summed E-state index contributed by atoms with van der Waals surface area (Å²) in [7, 11) is 3.99. The average molecular weight is 482 g/mol. The summed E-state index contributed by atoms with van der Waals surface area (Å²) in [4.78, 5) is 39.6. The zero-order valence-electron chi connectivity index (χ0n) is 19.7. The van der Waals surface area contributed by atoms with E-state index >= 15 is 0 Å². The summed E-state index contributed by atoms with van der Waals surface area (Å²) in [6, 6.07) is 14.5. The summed E-state index contributed by atoms with van der Waals surface area (Å²) < 4.78 is 20.7. The molecule has 1 aromatic heterocycles. The van der Waals surface area contributed by atoms with Crippen molar-refractivity contribution >= 4 is 11.9 Å². The molecule has 0 aliphatic rings. The number of pyridine rings is 1. The van der Waals surface area contributed by atoms with Gasteiger partial charge in [0.15, 0.2) is 0 Å². The normalized spacial score (nSPS) is 11.4. The highest BCUT2D eigenvalue weighted by molar-refractivity contribution is 5.92. The highest BCUT2D eigenvalue weighted by Crippen LogP contribution is 2.38. The van der Waals surface area contributed by atoms with Crippen LogP contribution in [0.4, 0.5) is 0 Å². The van der Waals surface area contributed by atoms with Crippen molar-refractivity contribution in [2.24, 2.45) is 0 Å². The van der Waals surface area contributed by atoms with E-state index in [0.29, 0.717) is 24.3 Å². The SMILES string of the molecule is COC(=O)CC(c1ccccc1OCCc1ccc(OC)cc1)c1c(O)c(C(=O)OC)c[nH]c1=O. The second-order valence-electron chi connectivity index (χ2n) is 7.60. The second-order valence-corrected chi connectivity index (χ2v) is 7.60. The lowest BCUT2D eigenvalue weighted by molar-refractivity contribution is -0.140. The maximum absolute atomic E-state index is 12.8. The molecule has 0 fully saturated rings. The fourth-order valence-electron chi connectivity index (χ4n) is 3.71. The number of ether oxygens (including phenoxy) is 4. The Bertz CT molecular complexity index is 1230. The largest absolute Gasteiger partial charge is 0.506 e. The highest BCUT2D eigenvalue weighted by Gasteiger charge is 2.30. The van der Waals surface area contributed by atoms with E-state index in [2.05, 4.69) is 9.72 Å². The number of aromatic amines is 1. The van der Waals surface area contributed by atoms with Gasteiger partial charge in [0.1, 0.15) is 22.8 Å². The molecule has 184 valence electrons. The van der Waals surface area contributed by atoms with Gasteiger partial charge < -0.3 is 29.0 Å². The summed E-state index contributed by atoms with van der Waals surface area (Å²) in [5, 5.41) is 10.8. The Morgan fingerprint density at radius 1 is 1.00 bits per heavy atom. The number of hydrogen-bond acceptors (Lipinski definition) is 8. The maximum atomic E-state index is 12.8. The number of para-hydroxylation sites is 1. The Morgan fingerprint density at radius 2 is 1.71 bits per heavy atom. The first-order valence-corrected chi connectivity index (χ1v) is 10.8. The molecule has 1 heterocycles. The van der Waals surface area contributed by atoms with Crippen LogP contribution in [-0.2, 0) is 20.7 Å². The molecule has 0 bridgehead atoms. The van der Waals surface area contributed by atoms with Gasteiger partial charge in [0.2, 0.25) is 0 Å². The number of aromatic nitrogens is 1. The minimum atomic E-state index is -0.951. The lowest BCUT2D eigenvalue weighted by Gasteiger charge is -2.21. The van der Waals surface area contributed by atoms with Crippen molar-refractivity contribution in [2.45, 2.75) is 18.8 Å². The summed E-state index contributed by atoms with van der Waals surface area (Å²) in [6.45, 7) is 0.318. The molecule has 3 aromatic rings. The Hall–Kier alpha value is -4.27. The van der Waals surface area contributed by atoms with Crippen LogP contribution in [0.1, 0.15) is 39.4 Å². The number of esters is 2. The van der Waals surface area contributed by atoms with Crippen LogP contribution in [0.3, 0.4) is 0 Å². The Balaban J connectivity index is 1.96. The number of rotatable bonds is 10. The van der Waals surface area contributed by atoms with Crippen LogP contribution in [-0.4, -0.2) is 50.0 Å². The molecule has 0 saturated heterocycles. The molecular weight excluding hydrogens is 454 g/mol. The van der Waals surface area contributed by atoms with E-state index in [4.69, 9.17) is 14.2 Å². The van der Waals surface area contributed by atoms with Crippen LogP contribution >= 0.6 is 0 Å². The molecule has 0 spiro atoms. The van der Waals surface area contributed by atoms with Crippen LogP contribution in [0.2, 0.25) is 0 Å². The van der Waals surface area contributed by atoms with Crippen molar-refractivity contribution in [2.75, 3.05) is 27.9 Å². The third-order valence-electron chi connectivity index (χ3n) is 5.56. The number of methoxy groups -OCH3 is 3. The Kier molecular flexibility index (Phi) is 8.50. The van der Waals surface area contributed by atoms with Crippen molar-refractivity contribution in [1.29, 1.82) is 0 Å². The average Bonchev–Trinajstić information content (AvgIpc) is 2.88. The second kappa shape index (κ2) is 11.7. The number of carbonyl (C=O) groups is 2.